The first-order valence-electron chi connectivity index (χ1n) is 15.9. The van der Waals surface area contributed by atoms with E-state index in [1.165, 1.54) is 12.8 Å². The Bertz CT molecular complexity index is 1960. The van der Waals surface area contributed by atoms with Crippen molar-refractivity contribution >= 4 is 28.0 Å². The van der Waals surface area contributed by atoms with Crippen LogP contribution in [-0.4, -0.2) is 76.1 Å². The maximum atomic E-state index is 13.7. The fourth-order valence-corrected chi connectivity index (χ4v) is 7.46. The molecule has 1 aliphatic heterocycles. The quantitative estimate of drug-likeness (QED) is 0.270. The summed E-state index contributed by atoms with van der Waals surface area (Å²) in [6.07, 6.45) is 8.19. The summed E-state index contributed by atoms with van der Waals surface area (Å²) in [6.45, 7) is 5.51. The number of aliphatic hydroxyl groups is 1. The number of hydrogen-bond acceptors (Lipinski definition) is 7. The number of pyridine rings is 1. The number of imidazole rings is 1. The zero-order valence-corrected chi connectivity index (χ0v) is 26.3. The third kappa shape index (κ3) is 4.80. The van der Waals surface area contributed by atoms with E-state index >= 15 is 0 Å². The molecule has 45 heavy (non-hydrogen) atoms. The zero-order valence-electron chi connectivity index (χ0n) is 26.3. The predicted octanol–water partition coefficient (Wildman–Crippen LogP) is 4.20. The number of carbonyl (C=O) groups excluding carboxylic acids is 1. The van der Waals surface area contributed by atoms with E-state index in [0.717, 1.165) is 70.8 Å². The van der Waals surface area contributed by atoms with Crippen molar-refractivity contribution in [2.24, 2.45) is 24.6 Å². The Morgan fingerprint density at radius 1 is 1.13 bits per heavy atom. The van der Waals surface area contributed by atoms with Crippen LogP contribution in [0.2, 0.25) is 0 Å². The zero-order chi connectivity index (χ0) is 31.2. The van der Waals surface area contributed by atoms with Crippen molar-refractivity contribution in [1.29, 1.82) is 0 Å². The molecule has 0 radical (unpaired) electrons. The molecule has 3 fully saturated rings. The number of fused-ring (bicyclic) bond motifs is 4. The van der Waals surface area contributed by atoms with Crippen molar-refractivity contribution in [2.75, 3.05) is 13.7 Å². The molecular weight excluding hydrogens is 568 g/mol. The minimum absolute atomic E-state index is 0.00416. The number of rotatable bonds is 8. The van der Waals surface area contributed by atoms with Gasteiger partial charge in [-0.3, -0.25) is 9.48 Å². The molecule has 1 aromatic carbocycles. The van der Waals surface area contributed by atoms with Crippen LogP contribution in [0.25, 0.3) is 44.8 Å². The van der Waals surface area contributed by atoms with Crippen LogP contribution in [0.4, 0.5) is 0 Å². The van der Waals surface area contributed by atoms with Gasteiger partial charge in [0.2, 0.25) is 0 Å². The Morgan fingerprint density at radius 2 is 1.96 bits per heavy atom. The van der Waals surface area contributed by atoms with E-state index in [4.69, 9.17) is 20.4 Å². The van der Waals surface area contributed by atoms with Crippen molar-refractivity contribution in [3.05, 3.63) is 48.3 Å². The lowest BCUT2D eigenvalue weighted by molar-refractivity contribution is 0.0577. The number of nitrogens with two attached hydrogens (primary N) is 1. The van der Waals surface area contributed by atoms with Gasteiger partial charge in [0.25, 0.3) is 5.91 Å². The molecule has 2 bridgehead atoms. The Kier molecular flexibility index (Phi) is 6.37. The molecule has 5 aromatic rings. The normalized spacial score (nSPS) is 21.5. The number of likely N-dealkylation sites (tertiary alicyclic amines) is 1. The molecule has 2 aliphatic carbocycles. The molecule has 1 saturated heterocycles. The molecular formula is C34H40N8O3. The number of hydrogen-bond donors (Lipinski definition) is 2. The Labute approximate surface area is 261 Å². The molecule has 234 valence electrons. The summed E-state index contributed by atoms with van der Waals surface area (Å²) in [4.78, 5) is 25.9. The average Bonchev–Trinajstić information content (AvgIpc) is 3.28. The van der Waals surface area contributed by atoms with Crippen LogP contribution < -0.4 is 10.5 Å². The summed E-state index contributed by atoms with van der Waals surface area (Å²) in [7, 11) is 3.64. The largest absolute Gasteiger partial charge is 0.494 e. The summed E-state index contributed by atoms with van der Waals surface area (Å²) in [5, 5.41) is 15.7. The number of methoxy groups -OCH3 is 1. The van der Waals surface area contributed by atoms with Crippen LogP contribution in [-0.2, 0) is 20.1 Å². The average molecular weight is 609 g/mol. The van der Waals surface area contributed by atoms with Crippen LogP contribution in [0.3, 0.4) is 0 Å². The second kappa shape index (κ2) is 10.1. The molecule has 5 heterocycles. The lowest BCUT2D eigenvalue weighted by Crippen LogP contribution is -2.41. The van der Waals surface area contributed by atoms with Crippen molar-refractivity contribution in [3.8, 4) is 28.5 Å². The first-order valence-corrected chi connectivity index (χ1v) is 15.9. The van der Waals surface area contributed by atoms with Crippen LogP contribution in [0.5, 0.6) is 5.75 Å². The number of nitrogens with zero attached hydrogens (tertiary/aromatic N) is 7. The minimum Gasteiger partial charge on any atom is -0.494 e. The molecule has 11 nitrogen and oxygen atoms in total. The number of amides is 1. The van der Waals surface area contributed by atoms with Gasteiger partial charge >= 0.3 is 0 Å². The topological polar surface area (TPSA) is 129 Å². The fraction of sp³-hybridized carbons (Fsp3) is 0.471. The van der Waals surface area contributed by atoms with E-state index in [0.29, 0.717) is 29.7 Å². The highest BCUT2D eigenvalue weighted by Crippen LogP contribution is 2.40. The predicted molar refractivity (Wildman–Crippen MR) is 172 cm³/mol. The second-order valence-electron chi connectivity index (χ2n) is 13.9. The van der Waals surface area contributed by atoms with Gasteiger partial charge in [0.15, 0.2) is 5.82 Å². The third-order valence-corrected chi connectivity index (χ3v) is 9.90. The maximum absolute atomic E-state index is 13.7. The standard InChI is InChI=1S/C34H40N8O3/c1-34(2,44)18-40-16-23(14-36-40)24-9-7-20-12-27(41(31(20)37-24)15-19-5-6-19)32-38-25-11-22(13-28(45-4)30(25)39(32)3)33(43)42-17-21-8-10-26(42)29(21)35/h7,9,11-14,16,19,21,26,29,44H,5-6,8,10,15,17-18,35H2,1-4H3/t21?,26?,29-/m1/s1. The first kappa shape index (κ1) is 28.3. The number of aryl methyl sites for hydroxylation is 1. The van der Waals surface area contributed by atoms with Gasteiger partial charge in [0, 0.05) is 54.9 Å². The molecule has 4 aromatic heterocycles. The van der Waals surface area contributed by atoms with Gasteiger partial charge in [-0.25, -0.2) is 9.97 Å². The molecule has 11 heteroatoms. The van der Waals surface area contributed by atoms with Gasteiger partial charge in [-0.2, -0.15) is 5.10 Å². The van der Waals surface area contributed by atoms with Gasteiger partial charge in [-0.05, 0) is 81.7 Å². The van der Waals surface area contributed by atoms with Gasteiger partial charge in [-0.1, -0.05) is 0 Å². The highest BCUT2D eigenvalue weighted by molar-refractivity contribution is 6.00. The molecule has 3 atom stereocenters. The van der Waals surface area contributed by atoms with E-state index in [-0.39, 0.29) is 18.0 Å². The smallest absolute Gasteiger partial charge is 0.254 e. The summed E-state index contributed by atoms with van der Waals surface area (Å²) in [5.74, 6) is 2.41. The number of ether oxygens (including phenoxy) is 1. The summed E-state index contributed by atoms with van der Waals surface area (Å²) >= 11 is 0. The molecule has 3 N–H and O–H groups in total. The number of aromatic nitrogens is 6. The van der Waals surface area contributed by atoms with Crippen molar-refractivity contribution in [2.45, 2.75) is 70.3 Å². The van der Waals surface area contributed by atoms with Gasteiger partial charge in [0.1, 0.15) is 16.9 Å². The number of piperidine rings is 1. The molecule has 2 unspecified atom stereocenters. The van der Waals surface area contributed by atoms with Gasteiger partial charge < -0.3 is 29.6 Å². The van der Waals surface area contributed by atoms with Crippen molar-refractivity contribution < 1.29 is 14.6 Å². The van der Waals surface area contributed by atoms with Crippen LogP contribution in [0.1, 0.15) is 49.9 Å². The Hall–Kier alpha value is -4.22. The number of carbonyl (C=O) groups is 1. The summed E-state index contributed by atoms with van der Waals surface area (Å²) in [5.41, 5.74) is 11.3. The molecule has 8 rings (SSSR count). The molecule has 0 spiro atoms. The van der Waals surface area contributed by atoms with Crippen molar-refractivity contribution in [1.82, 2.24) is 33.8 Å². The Morgan fingerprint density at radius 3 is 2.64 bits per heavy atom. The summed E-state index contributed by atoms with van der Waals surface area (Å²) in [6, 6.07) is 10.2. The second-order valence-corrected chi connectivity index (χ2v) is 13.9. The van der Waals surface area contributed by atoms with Gasteiger partial charge in [0.05, 0.1) is 42.4 Å². The van der Waals surface area contributed by atoms with Gasteiger partial charge in [-0.15, -0.1) is 0 Å². The third-order valence-electron chi connectivity index (χ3n) is 9.90. The number of benzene rings is 1. The minimum atomic E-state index is -0.863. The van der Waals surface area contributed by atoms with Crippen LogP contribution >= 0.6 is 0 Å². The lowest BCUT2D eigenvalue weighted by atomic mass is 10.1. The SMILES string of the molecule is COc1cc(C(=O)N2CC3CCC2[C@@H]3N)cc2nc(-c3cc4ccc(-c5cnn(CC(C)(C)O)c5)nc4n3CC3CC3)n(C)c12. The van der Waals surface area contributed by atoms with E-state index in [2.05, 4.69) is 26.4 Å². The van der Waals surface area contributed by atoms with E-state index in [9.17, 15) is 9.90 Å². The fourth-order valence-electron chi connectivity index (χ4n) is 7.46. The van der Waals surface area contributed by atoms with Crippen LogP contribution in [0.15, 0.2) is 42.7 Å². The van der Waals surface area contributed by atoms with E-state index in [1.807, 2.05) is 36.3 Å². The highest BCUT2D eigenvalue weighted by Gasteiger charge is 2.47. The van der Waals surface area contributed by atoms with E-state index < -0.39 is 5.60 Å². The van der Waals surface area contributed by atoms with Crippen molar-refractivity contribution in [3.63, 3.8) is 0 Å². The van der Waals surface area contributed by atoms with E-state index in [1.54, 1.807) is 31.8 Å². The molecule has 2 saturated carbocycles. The summed E-state index contributed by atoms with van der Waals surface area (Å²) < 4.78 is 12.0. The Balaban J connectivity index is 1.20. The maximum Gasteiger partial charge on any atom is 0.254 e. The highest BCUT2D eigenvalue weighted by atomic mass is 16.5. The molecule has 3 aliphatic rings. The molecule has 1 amide bonds. The first-order chi connectivity index (χ1) is 21.6. The van der Waals surface area contributed by atoms with Crippen LogP contribution in [0, 0.1) is 11.8 Å². The lowest BCUT2D eigenvalue weighted by Gasteiger charge is -2.27. The monoisotopic (exact) mass is 608 g/mol.